The van der Waals surface area contributed by atoms with Gasteiger partial charge in [-0.1, -0.05) is 42.5 Å². The minimum absolute atomic E-state index is 0.00729. The van der Waals surface area contributed by atoms with E-state index in [1.807, 2.05) is 25.2 Å². The van der Waals surface area contributed by atoms with Crippen molar-refractivity contribution in [2.45, 2.75) is 76.5 Å². The van der Waals surface area contributed by atoms with Crippen LogP contribution in [0.25, 0.3) is 6.08 Å². The lowest BCUT2D eigenvalue weighted by atomic mass is 9.81. The summed E-state index contributed by atoms with van der Waals surface area (Å²) < 4.78 is 62.6. The smallest absolute Gasteiger partial charge is 0.378 e. The molecule has 0 radical (unpaired) electrons. The predicted molar refractivity (Wildman–Crippen MR) is 122 cm³/mol. The molecule has 1 nitrogen and oxygen atoms in total. The number of allylic oxidation sites excluding steroid dienone is 4. The lowest BCUT2D eigenvalue weighted by molar-refractivity contribution is -0.141. The summed E-state index contributed by atoms with van der Waals surface area (Å²) in [5.74, 6) is -0.827. The average Bonchev–Trinajstić information content (AvgIpc) is 2.78. The molecule has 1 heterocycles. The highest BCUT2D eigenvalue weighted by molar-refractivity contribution is 5.54. The zero-order valence-electron chi connectivity index (χ0n) is 18.8. The topological polar surface area (TPSA) is 9.23 Å². The van der Waals surface area contributed by atoms with E-state index in [0.717, 1.165) is 38.5 Å². The molecule has 1 saturated heterocycles. The summed E-state index contributed by atoms with van der Waals surface area (Å²) in [6, 6.07) is 2.94. The molecule has 2 atom stereocenters. The molecule has 2 aliphatic rings. The van der Waals surface area contributed by atoms with Crippen LogP contribution < -0.4 is 0 Å². The highest BCUT2D eigenvalue weighted by Crippen LogP contribution is 2.41. The fourth-order valence-corrected chi connectivity index (χ4v) is 4.90. The zero-order chi connectivity index (χ0) is 23.1. The van der Waals surface area contributed by atoms with Crippen molar-refractivity contribution in [2.24, 2.45) is 11.8 Å². The van der Waals surface area contributed by atoms with E-state index in [1.54, 1.807) is 0 Å². The minimum Gasteiger partial charge on any atom is -0.378 e. The second-order valence-corrected chi connectivity index (χ2v) is 9.08. The third-order valence-electron chi connectivity index (χ3n) is 6.89. The van der Waals surface area contributed by atoms with Crippen LogP contribution in [-0.2, 0) is 10.9 Å². The zero-order valence-corrected chi connectivity index (χ0v) is 18.8. The van der Waals surface area contributed by atoms with Crippen LogP contribution >= 0.6 is 0 Å². The Balaban J connectivity index is 1.74. The molecule has 0 N–H and O–H groups in total. The Kier molecular flexibility index (Phi) is 8.75. The maximum Gasteiger partial charge on any atom is 0.419 e. The summed E-state index contributed by atoms with van der Waals surface area (Å²) >= 11 is 0. The molecular formula is C27H34F4O. The van der Waals surface area contributed by atoms with E-state index in [0.29, 0.717) is 18.8 Å². The van der Waals surface area contributed by atoms with Gasteiger partial charge in [0.05, 0.1) is 18.3 Å². The van der Waals surface area contributed by atoms with Gasteiger partial charge in [-0.2, -0.15) is 13.2 Å². The van der Waals surface area contributed by atoms with Crippen molar-refractivity contribution < 1.29 is 22.3 Å². The largest absolute Gasteiger partial charge is 0.419 e. The number of hydrogen-bond donors (Lipinski definition) is 0. The number of hydrogen-bond acceptors (Lipinski definition) is 1. The molecule has 0 spiro atoms. The van der Waals surface area contributed by atoms with Gasteiger partial charge >= 0.3 is 6.18 Å². The summed E-state index contributed by atoms with van der Waals surface area (Å²) in [5.41, 5.74) is -1.10. The standard InChI is InChI=1S/C27H34F4O/c1-3-5-6-7-23-16-14-22(18-32-23)24-17-15-21(26(28)25(24)27(29,30)31)13-12-20-10-8-19(4-2)9-11-20/h3-5,12-13,15,17,19-20,22-23H,2,6-11,14,16,18H2,1H3. The second-order valence-electron chi connectivity index (χ2n) is 9.08. The summed E-state index contributed by atoms with van der Waals surface area (Å²) in [4.78, 5) is 0. The lowest BCUT2D eigenvalue weighted by Gasteiger charge is -2.31. The molecule has 2 fully saturated rings. The van der Waals surface area contributed by atoms with Crippen molar-refractivity contribution in [3.8, 4) is 0 Å². The van der Waals surface area contributed by atoms with Gasteiger partial charge in [0.2, 0.25) is 0 Å². The van der Waals surface area contributed by atoms with Crippen LogP contribution in [0.3, 0.4) is 0 Å². The molecule has 1 aromatic carbocycles. The van der Waals surface area contributed by atoms with Gasteiger partial charge in [0.15, 0.2) is 0 Å². The Bertz CT molecular complexity index is 808. The molecule has 0 bridgehead atoms. The van der Waals surface area contributed by atoms with E-state index in [4.69, 9.17) is 4.74 Å². The van der Waals surface area contributed by atoms with Gasteiger partial charge in [-0.05, 0) is 75.7 Å². The second kappa shape index (κ2) is 11.3. The van der Waals surface area contributed by atoms with Gasteiger partial charge in [0.25, 0.3) is 0 Å². The van der Waals surface area contributed by atoms with Crippen LogP contribution in [0.2, 0.25) is 0 Å². The van der Waals surface area contributed by atoms with Gasteiger partial charge in [0, 0.05) is 11.5 Å². The van der Waals surface area contributed by atoms with Gasteiger partial charge in [-0.15, -0.1) is 6.58 Å². The van der Waals surface area contributed by atoms with Crippen molar-refractivity contribution in [1.82, 2.24) is 0 Å². The fourth-order valence-electron chi connectivity index (χ4n) is 4.90. The Morgan fingerprint density at radius 3 is 2.38 bits per heavy atom. The van der Waals surface area contributed by atoms with Crippen molar-refractivity contribution in [1.29, 1.82) is 0 Å². The summed E-state index contributed by atoms with van der Waals surface area (Å²) in [6.45, 7) is 5.98. The van der Waals surface area contributed by atoms with Crippen molar-refractivity contribution in [2.75, 3.05) is 6.61 Å². The number of alkyl halides is 3. The Morgan fingerprint density at radius 2 is 1.78 bits per heavy atom. The first-order valence-electron chi connectivity index (χ1n) is 11.8. The van der Waals surface area contributed by atoms with E-state index < -0.39 is 23.5 Å². The molecule has 32 heavy (non-hydrogen) atoms. The Hall–Kier alpha value is -1.88. The molecule has 2 unspecified atom stereocenters. The number of ether oxygens (including phenoxy) is 1. The highest BCUT2D eigenvalue weighted by Gasteiger charge is 2.40. The van der Waals surface area contributed by atoms with E-state index in [-0.39, 0.29) is 29.8 Å². The van der Waals surface area contributed by atoms with E-state index in [9.17, 15) is 13.2 Å². The number of halogens is 4. The third kappa shape index (κ3) is 6.34. The van der Waals surface area contributed by atoms with Crippen LogP contribution in [-0.4, -0.2) is 12.7 Å². The first-order valence-corrected chi connectivity index (χ1v) is 11.8. The summed E-state index contributed by atoms with van der Waals surface area (Å²) in [6.07, 6.45) is 11.7. The van der Waals surface area contributed by atoms with Crippen LogP contribution in [0.15, 0.2) is 43.0 Å². The van der Waals surface area contributed by atoms with Gasteiger partial charge in [-0.3, -0.25) is 0 Å². The highest BCUT2D eigenvalue weighted by atomic mass is 19.4. The molecule has 1 aliphatic carbocycles. The minimum atomic E-state index is -4.74. The normalized spacial score (nSPS) is 27.3. The third-order valence-corrected chi connectivity index (χ3v) is 6.89. The molecular weight excluding hydrogens is 416 g/mol. The molecule has 1 aliphatic heterocycles. The van der Waals surface area contributed by atoms with E-state index in [2.05, 4.69) is 12.7 Å². The average molecular weight is 451 g/mol. The van der Waals surface area contributed by atoms with Crippen LogP contribution in [0.4, 0.5) is 17.6 Å². The number of rotatable bonds is 7. The number of benzene rings is 1. The first kappa shape index (κ1) is 24.8. The van der Waals surface area contributed by atoms with Gasteiger partial charge < -0.3 is 4.74 Å². The molecule has 0 aromatic heterocycles. The van der Waals surface area contributed by atoms with Crippen molar-refractivity contribution >= 4 is 6.08 Å². The van der Waals surface area contributed by atoms with Crippen molar-refractivity contribution in [3.05, 3.63) is 65.5 Å². The molecule has 3 rings (SSSR count). The monoisotopic (exact) mass is 450 g/mol. The quantitative estimate of drug-likeness (QED) is 0.299. The Morgan fingerprint density at radius 1 is 1.06 bits per heavy atom. The van der Waals surface area contributed by atoms with Crippen LogP contribution in [0.5, 0.6) is 0 Å². The summed E-state index contributed by atoms with van der Waals surface area (Å²) in [7, 11) is 0. The van der Waals surface area contributed by atoms with E-state index >= 15 is 4.39 Å². The van der Waals surface area contributed by atoms with E-state index in [1.165, 1.54) is 18.2 Å². The maximum absolute atomic E-state index is 15.1. The van der Waals surface area contributed by atoms with Crippen LogP contribution in [0.1, 0.15) is 80.9 Å². The maximum atomic E-state index is 15.1. The molecule has 176 valence electrons. The predicted octanol–water partition coefficient (Wildman–Crippen LogP) is 8.47. The fraction of sp³-hybridized carbons (Fsp3) is 0.556. The summed E-state index contributed by atoms with van der Waals surface area (Å²) in [5, 5.41) is 0. The lowest BCUT2D eigenvalue weighted by Crippen LogP contribution is -2.27. The molecule has 5 heteroatoms. The Labute approximate surface area is 189 Å². The van der Waals surface area contributed by atoms with Crippen molar-refractivity contribution in [3.63, 3.8) is 0 Å². The molecule has 0 amide bonds. The van der Waals surface area contributed by atoms with Gasteiger partial charge in [0.1, 0.15) is 5.82 Å². The first-order chi connectivity index (χ1) is 15.3. The van der Waals surface area contributed by atoms with Gasteiger partial charge in [-0.25, -0.2) is 4.39 Å². The molecule has 1 saturated carbocycles. The SMILES string of the molecule is C=CC1CCC(C=Cc2ccc(C3CCC(CCC=CC)OC3)c(C(F)(F)F)c2F)CC1. The van der Waals surface area contributed by atoms with Crippen LogP contribution in [0, 0.1) is 17.7 Å². The molecule has 1 aromatic rings.